The third-order valence-electron chi connectivity index (χ3n) is 6.34. The van der Waals surface area contributed by atoms with Gasteiger partial charge >= 0.3 is 0 Å². The minimum Gasteiger partial charge on any atom is -0.493 e. The van der Waals surface area contributed by atoms with Crippen molar-refractivity contribution in [3.63, 3.8) is 0 Å². The molecule has 4 heteroatoms. The van der Waals surface area contributed by atoms with Gasteiger partial charge in [0.05, 0.1) is 17.7 Å². The van der Waals surface area contributed by atoms with Gasteiger partial charge in [0, 0.05) is 12.1 Å². The maximum absolute atomic E-state index is 12.5. The number of amides is 2. The first-order chi connectivity index (χ1) is 16.2. The minimum atomic E-state index is -0.177. The monoisotopic (exact) mass is 441 g/mol. The number of hydrogen-bond donors (Lipinski definition) is 0. The maximum atomic E-state index is 12.5. The van der Waals surface area contributed by atoms with Crippen LogP contribution in [0.3, 0.4) is 0 Å². The number of fused-ring (bicyclic) bond motifs is 1. The number of unbranched alkanes of at least 4 members (excludes halogenated alkanes) is 2. The molecule has 2 amide bonds. The molecule has 0 saturated heterocycles. The van der Waals surface area contributed by atoms with E-state index in [0.717, 1.165) is 37.9 Å². The Balaban J connectivity index is 1.31. The molecule has 3 aromatic carbocycles. The first-order valence-corrected chi connectivity index (χ1v) is 11.9. The second-order valence-electron chi connectivity index (χ2n) is 8.36. The second kappa shape index (κ2) is 10.5. The van der Waals surface area contributed by atoms with E-state index >= 15 is 0 Å². The van der Waals surface area contributed by atoms with E-state index in [2.05, 4.69) is 56.3 Å². The first kappa shape index (κ1) is 22.8. The summed E-state index contributed by atoms with van der Waals surface area (Å²) in [5.41, 5.74) is 6.15. The molecule has 0 bridgehead atoms. The zero-order chi connectivity index (χ0) is 23.2. The molecule has 0 aromatic heterocycles. The maximum Gasteiger partial charge on any atom is 0.261 e. The number of carbonyl (C=O) groups is 2. The van der Waals surface area contributed by atoms with E-state index in [1.165, 1.54) is 27.2 Å². The highest BCUT2D eigenvalue weighted by Crippen LogP contribution is 2.33. The molecule has 1 aliphatic heterocycles. The normalized spacial score (nSPS) is 12.8. The van der Waals surface area contributed by atoms with Crippen LogP contribution in [0.25, 0.3) is 11.1 Å². The van der Waals surface area contributed by atoms with E-state index in [1.807, 2.05) is 0 Å². The molecule has 0 aliphatic carbocycles. The Morgan fingerprint density at radius 1 is 0.667 bits per heavy atom. The molecular weight excluding hydrogens is 410 g/mol. The molecule has 1 aliphatic rings. The number of rotatable bonds is 10. The molecule has 0 unspecified atom stereocenters. The lowest BCUT2D eigenvalue weighted by atomic mass is 9.93. The van der Waals surface area contributed by atoms with Crippen LogP contribution in [0.5, 0.6) is 5.75 Å². The van der Waals surface area contributed by atoms with Gasteiger partial charge < -0.3 is 4.74 Å². The van der Waals surface area contributed by atoms with Crippen molar-refractivity contribution in [2.45, 2.75) is 46.0 Å². The molecule has 170 valence electrons. The summed E-state index contributed by atoms with van der Waals surface area (Å²) in [6.07, 6.45) is 4.45. The Bertz CT molecular complexity index is 1120. The summed E-state index contributed by atoms with van der Waals surface area (Å²) in [7, 11) is 0. The van der Waals surface area contributed by atoms with Crippen LogP contribution in [0.1, 0.15) is 65.0 Å². The molecule has 0 N–H and O–H groups in total. The van der Waals surface area contributed by atoms with Gasteiger partial charge in [0.1, 0.15) is 5.75 Å². The van der Waals surface area contributed by atoms with Crippen LogP contribution in [-0.2, 0) is 12.8 Å². The molecule has 1 heterocycles. The predicted octanol–water partition coefficient (Wildman–Crippen LogP) is 6.32. The quantitative estimate of drug-likeness (QED) is 0.273. The molecule has 0 spiro atoms. The molecular formula is C29H31NO3. The highest BCUT2D eigenvalue weighted by Gasteiger charge is 2.34. The van der Waals surface area contributed by atoms with E-state index in [-0.39, 0.29) is 11.8 Å². The van der Waals surface area contributed by atoms with Gasteiger partial charge in [-0.3, -0.25) is 14.5 Å². The third kappa shape index (κ3) is 4.70. The summed E-state index contributed by atoms with van der Waals surface area (Å²) in [5.74, 6) is 0.591. The zero-order valence-electron chi connectivity index (χ0n) is 19.5. The van der Waals surface area contributed by atoms with Crippen molar-refractivity contribution in [3.05, 3.63) is 89.0 Å². The van der Waals surface area contributed by atoms with E-state index in [9.17, 15) is 9.59 Å². The van der Waals surface area contributed by atoms with Crippen molar-refractivity contribution in [2.75, 3.05) is 13.2 Å². The van der Waals surface area contributed by atoms with Crippen molar-refractivity contribution >= 4 is 11.8 Å². The molecule has 0 atom stereocenters. The van der Waals surface area contributed by atoms with E-state index < -0.39 is 0 Å². The highest BCUT2D eigenvalue weighted by atomic mass is 16.5. The summed E-state index contributed by atoms with van der Waals surface area (Å²) in [6, 6.07) is 21.9. The zero-order valence-corrected chi connectivity index (χ0v) is 19.5. The lowest BCUT2D eigenvalue weighted by Gasteiger charge is -2.17. The van der Waals surface area contributed by atoms with Crippen molar-refractivity contribution in [1.82, 2.24) is 4.90 Å². The Kier molecular flexibility index (Phi) is 7.23. The summed E-state index contributed by atoms with van der Waals surface area (Å²) < 4.78 is 6.18. The van der Waals surface area contributed by atoms with Crippen LogP contribution < -0.4 is 4.74 Å². The number of imide groups is 1. The highest BCUT2D eigenvalue weighted by molar-refractivity contribution is 6.21. The first-order valence-electron chi connectivity index (χ1n) is 11.9. The lowest BCUT2D eigenvalue weighted by Crippen LogP contribution is -2.30. The van der Waals surface area contributed by atoms with Gasteiger partial charge in [-0.2, -0.15) is 0 Å². The van der Waals surface area contributed by atoms with Crippen molar-refractivity contribution in [2.24, 2.45) is 0 Å². The molecule has 33 heavy (non-hydrogen) atoms. The van der Waals surface area contributed by atoms with Gasteiger partial charge in [0.15, 0.2) is 0 Å². The molecule has 4 nitrogen and oxygen atoms in total. The summed E-state index contributed by atoms with van der Waals surface area (Å²) in [4.78, 5) is 26.3. The predicted molar refractivity (Wildman–Crippen MR) is 132 cm³/mol. The molecule has 3 aromatic rings. The topological polar surface area (TPSA) is 46.6 Å². The fraction of sp³-hybridized carbons (Fsp3) is 0.310. The average molecular weight is 442 g/mol. The van der Waals surface area contributed by atoms with Crippen LogP contribution in [0.2, 0.25) is 0 Å². The van der Waals surface area contributed by atoms with Gasteiger partial charge in [-0.15, -0.1) is 0 Å². The number of benzene rings is 3. The number of nitrogens with zero attached hydrogens (tertiary/aromatic N) is 1. The van der Waals surface area contributed by atoms with Gasteiger partial charge in [-0.1, -0.05) is 62.4 Å². The number of ether oxygens (including phenoxy) is 1. The van der Waals surface area contributed by atoms with E-state index in [0.29, 0.717) is 24.3 Å². The van der Waals surface area contributed by atoms with Gasteiger partial charge in [0.2, 0.25) is 0 Å². The Hall–Kier alpha value is -3.40. The fourth-order valence-corrected chi connectivity index (χ4v) is 4.58. The van der Waals surface area contributed by atoms with E-state index in [1.54, 1.807) is 24.3 Å². The Labute approximate surface area is 196 Å². The number of carbonyl (C=O) groups excluding carboxylic acids is 2. The largest absolute Gasteiger partial charge is 0.493 e. The SMILES string of the molecule is CCc1ccccc1-c1cccc(OCCCCCN2C(=O)c3ccccc3C2=O)c1CC. The van der Waals surface area contributed by atoms with Crippen molar-refractivity contribution in [3.8, 4) is 16.9 Å². The summed E-state index contributed by atoms with van der Waals surface area (Å²) in [5, 5.41) is 0. The van der Waals surface area contributed by atoms with Gasteiger partial charge in [0.25, 0.3) is 11.8 Å². The Morgan fingerprint density at radius 2 is 1.30 bits per heavy atom. The van der Waals surface area contributed by atoms with Crippen LogP contribution in [0.4, 0.5) is 0 Å². The van der Waals surface area contributed by atoms with Gasteiger partial charge in [-0.25, -0.2) is 0 Å². The van der Waals surface area contributed by atoms with E-state index in [4.69, 9.17) is 4.74 Å². The number of aryl methyl sites for hydroxylation is 1. The lowest BCUT2D eigenvalue weighted by molar-refractivity contribution is 0.0651. The smallest absolute Gasteiger partial charge is 0.261 e. The molecule has 0 saturated carbocycles. The van der Waals surface area contributed by atoms with Crippen molar-refractivity contribution in [1.29, 1.82) is 0 Å². The summed E-state index contributed by atoms with van der Waals surface area (Å²) >= 11 is 0. The fourth-order valence-electron chi connectivity index (χ4n) is 4.58. The molecule has 0 fully saturated rings. The molecule has 0 radical (unpaired) electrons. The average Bonchev–Trinajstić information content (AvgIpc) is 3.10. The third-order valence-corrected chi connectivity index (χ3v) is 6.34. The standard InChI is InChI=1S/C29H31NO3/c1-3-21-13-6-7-14-23(21)24-17-12-18-27(22(24)4-2)33-20-11-5-10-19-30-28(31)25-15-8-9-16-26(25)29(30)32/h6-9,12-18H,3-5,10-11,19-20H2,1-2H3. The van der Waals surface area contributed by atoms with Crippen LogP contribution in [0.15, 0.2) is 66.7 Å². The Morgan fingerprint density at radius 3 is 1.97 bits per heavy atom. The minimum absolute atomic E-state index is 0.177. The summed E-state index contributed by atoms with van der Waals surface area (Å²) in [6.45, 7) is 5.43. The van der Waals surface area contributed by atoms with Crippen LogP contribution in [0, 0.1) is 0 Å². The van der Waals surface area contributed by atoms with Crippen molar-refractivity contribution < 1.29 is 14.3 Å². The van der Waals surface area contributed by atoms with Crippen LogP contribution >= 0.6 is 0 Å². The second-order valence-corrected chi connectivity index (χ2v) is 8.36. The van der Waals surface area contributed by atoms with Gasteiger partial charge in [-0.05, 0) is 67.0 Å². The molecule has 4 rings (SSSR count). The number of hydrogen-bond acceptors (Lipinski definition) is 3. The van der Waals surface area contributed by atoms with Crippen LogP contribution in [-0.4, -0.2) is 29.9 Å².